The van der Waals surface area contributed by atoms with Crippen molar-refractivity contribution in [1.82, 2.24) is 10.6 Å². The van der Waals surface area contributed by atoms with Crippen molar-refractivity contribution in [3.63, 3.8) is 0 Å². The van der Waals surface area contributed by atoms with E-state index in [1.54, 1.807) is 24.3 Å². The molecule has 0 bridgehead atoms. The van der Waals surface area contributed by atoms with E-state index in [9.17, 15) is 13.6 Å². The smallest absolute Gasteiger partial charge is 0.220 e. The van der Waals surface area contributed by atoms with Crippen molar-refractivity contribution in [3.8, 4) is 0 Å². The van der Waals surface area contributed by atoms with Gasteiger partial charge in [0.1, 0.15) is 11.6 Å². The first-order valence-corrected chi connectivity index (χ1v) is 7.55. The SMILES string of the molecule is CNCCCC(=O)NC(c1ccc(F)cc1)c1ccc(F)cc1.Cl. The monoisotopic (exact) mass is 354 g/mol. The minimum Gasteiger partial charge on any atom is -0.345 e. The lowest BCUT2D eigenvalue weighted by molar-refractivity contribution is -0.121. The van der Waals surface area contributed by atoms with Crippen molar-refractivity contribution in [3.05, 3.63) is 71.3 Å². The summed E-state index contributed by atoms with van der Waals surface area (Å²) in [5, 5.41) is 5.92. The third kappa shape index (κ3) is 5.91. The Bertz CT molecular complexity index is 587. The van der Waals surface area contributed by atoms with Gasteiger partial charge in [0, 0.05) is 6.42 Å². The van der Waals surface area contributed by atoms with E-state index in [1.807, 2.05) is 7.05 Å². The molecule has 0 aliphatic carbocycles. The van der Waals surface area contributed by atoms with Gasteiger partial charge in [0.05, 0.1) is 6.04 Å². The molecule has 0 unspecified atom stereocenters. The van der Waals surface area contributed by atoms with E-state index in [1.165, 1.54) is 24.3 Å². The number of amides is 1. The fourth-order valence-electron chi connectivity index (χ4n) is 2.33. The summed E-state index contributed by atoms with van der Waals surface area (Å²) < 4.78 is 26.3. The van der Waals surface area contributed by atoms with E-state index >= 15 is 0 Å². The van der Waals surface area contributed by atoms with Gasteiger partial charge in [-0.25, -0.2) is 8.78 Å². The maximum atomic E-state index is 13.1. The first-order valence-electron chi connectivity index (χ1n) is 7.55. The molecule has 24 heavy (non-hydrogen) atoms. The molecule has 2 rings (SSSR count). The van der Waals surface area contributed by atoms with Crippen LogP contribution in [0.4, 0.5) is 8.78 Å². The van der Waals surface area contributed by atoms with Crippen molar-refractivity contribution in [2.45, 2.75) is 18.9 Å². The summed E-state index contributed by atoms with van der Waals surface area (Å²) in [6.07, 6.45) is 1.11. The Morgan fingerprint density at radius 1 is 0.958 bits per heavy atom. The Kier molecular flexibility index (Phi) is 8.36. The van der Waals surface area contributed by atoms with E-state index in [4.69, 9.17) is 0 Å². The lowest BCUT2D eigenvalue weighted by atomic mass is 9.98. The van der Waals surface area contributed by atoms with Crippen molar-refractivity contribution in [2.24, 2.45) is 0 Å². The molecule has 0 saturated carbocycles. The first kappa shape index (κ1) is 20.1. The van der Waals surface area contributed by atoms with Gasteiger partial charge in [-0.2, -0.15) is 0 Å². The van der Waals surface area contributed by atoms with Crippen LogP contribution in [0.2, 0.25) is 0 Å². The highest BCUT2D eigenvalue weighted by atomic mass is 35.5. The molecular weight excluding hydrogens is 334 g/mol. The molecule has 0 spiro atoms. The zero-order chi connectivity index (χ0) is 16.7. The van der Waals surface area contributed by atoms with Crippen LogP contribution < -0.4 is 10.6 Å². The molecule has 0 aromatic heterocycles. The second-order valence-corrected chi connectivity index (χ2v) is 5.31. The number of hydrogen-bond donors (Lipinski definition) is 2. The molecule has 0 fully saturated rings. The minimum absolute atomic E-state index is 0. The van der Waals surface area contributed by atoms with E-state index in [0.29, 0.717) is 6.42 Å². The number of carbonyl (C=O) groups is 1. The average Bonchev–Trinajstić information content (AvgIpc) is 2.55. The molecule has 6 heteroatoms. The van der Waals surface area contributed by atoms with Gasteiger partial charge in [-0.15, -0.1) is 12.4 Å². The Hall–Kier alpha value is -1.98. The number of benzene rings is 2. The zero-order valence-corrected chi connectivity index (χ0v) is 14.2. The summed E-state index contributed by atoms with van der Waals surface area (Å²) in [7, 11) is 1.83. The third-order valence-corrected chi connectivity index (χ3v) is 3.54. The second kappa shape index (κ2) is 10.0. The Labute approximate surface area is 146 Å². The van der Waals surface area contributed by atoms with Gasteiger partial charge < -0.3 is 10.6 Å². The van der Waals surface area contributed by atoms with Crippen LogP contribution >= 0.6 is 12.4 Å². The largest absolute Gasteiger partial charge is 0.345 e. The Morgan fingerprint density at radius 2 is 1.42 bits per heavy atom. The second-order valence-electron chi connectivity index (χ2n) is 5.31. The number of hydrogen-bond acceptors (Lipinski definition) is 2. The van der Waals surface area contributed by atoms with E-state index < -0.39 is 6.04 Å². The lowest BCUT2D eigenvalue weighted by Gasteiger charge is -2.20. The molecule has 1 amide bonds. The van der Waals surface area contributed by atoms with Crippen LogP contribution in [-0.2, 0) is 4.79 Å². The van der Waals surface area contributed by atoms with Crippen LogP contribution in [0.3, 0.4) is 0 Å². The third-order valence-electron chi connectivity index (χ3n) is 3.54. The Balaban J connectivity index is 0.00000288. The Morgan fingerprint density at radius 3 is 1.83 bits per heavy atom. The normalized spacial score (nSPS) is 10.3. The molecule has 0 saturated heterocycles. The van der Waals surface area contributed by atoms with Gasteiger partial charge in [-0.1, -0.05) is 24.3 Å². The van der Waals surface area contributed by atoms with Crippen LogP contribution in [0.1, 0.15) is 30.0 Å². The molecule has 0 aliphatic rings. The standard InChI is InChI=1S/C18H20F2N2O.ClH/c1-21-12-2-3-17(23)22-18(13-4-8-15(19)9-5-13)14-6-10-16(20)11-7-14;/h4-11,18,21H,2-3,12H2,1H3,(H,22,23);1H. The molecule has 0 radical (unpaired) electrons. The maximum Gasteiger partial charge on any atom is 0.220 e. The van der Waals surface area contributed by atoms with Crippen LogP contribution in [0.15, 0.2) is 48.5 Å². The number of carbonyl (C=O) groups excluding carboxylic acids is 1. The van der Waals surface area contributed by atoms with Gasteiger partial charge in [0.25, 0.3) is 0 Å². The quantitative estimate of drug-likeness (QED) is 0.746. The maximum absolute atomic E-state index is 13.1. The molecule has 0 heterocycles. The molecule has 0 aliphatic heterocycles. The summed E-state index contributed by atoms with van der Waals surface area (Å²) >= 11 is 0. The summed E-state index contributed by atoms with van der Waals surface area (Å²) in [5.74, 6) is -0.780. The van der Waals surface area contributed by atoms with Crippen molar-refractivity contribution >= 4 is 18.3 Å². The van der Waals surface area contributed by atoms with Gasteiger partial charge in [0.15, 0.2) is 0 Å². The van der Waals surface area contributed by atoms with E-state index in [-0.39, 0.29) is 29.9 Å². The molecule has 2 aromatic rings. The molecule has 3 nitrogen and oxygen atoms in total. The zero-order valence-electron chi connectivity index (χ0n) is 13.4. The van der Waals surface area contributed by atoms with Crippen LogP contribution in [0.25, 0.3) is 0 Å². The number of halogens is 3. The van der Waals surface area contributed by atoms with Gasteiger partial charge in [-0.05, 0) is 55.4 Å². The first-order chi connectivity index (χ1) is 11.1. The predicted molar refractivity (Wildman–Crippen MR) is 93.2 cm³/mol. The van der Waals surface area contributed by atoms with Crippen LogP contribution in [0, 0.1) is 11.6 Å². The van der Waals surface area contributed by atoms with E-state index in [0.717, 1.165) is 24.1 Å². The number of nitrogens with one attached hydrogen (secondary N) is 2. The summed E-state index contributed by atoms with van der Waals surface area (Å²) in [4.78, 5) is 12.1. The fraction of sp³-hybridized carbons (Fsp3) is 0.278. The highest BCUT2D eigenvalue weighted by Gasteiger charge is 2.17. The molecule has 2 aromatic carbocycles. The summed E-state index contributed by atoms with van der Waals surface area (Å²) in [6, 6.07) is 11.4. The molecule has 0 atom stereocenters. The van der Waals surface area contributed by atoms with Crippen LogP contribution in [-0.4, -0.2) is 19.5 Å². The highest BCUT2D eigenvalue weighted by molar-refractivity contribution is 5.85. The van der Waals surface area contributed by atoms with Crippen molar-refractivity contribution in [2.75, 3.05) is 13.6 Å². The van der Waals surface area contributed by atoms with Gasteiger partial charge >= 0.3 is 0 Å². The average molecular weight is 355 g/mol. The lowest BCUT2D eigenvalue weighted by Crippen LogP contribution is -2.29. The molecule has 130 valence electrons. The van der Waals surface area contributed by atoms with Gasteiger partial charge in [0.2, 0.25) is 5.91 Å². The minimum atomic E-state index is -0.432. The topological polar surface area (TPSA) is 41.1 Å². The van der Waals surface area contributed by atoms with Crippen molar-refractivity contribution in [1.29, 1.82) is 0 Å². The van der Waals surface area contributed by atoms with Crippen LogP contribution in [0.5, 0.6) is 0 Å². The predicted octanol–water partition coefficient (Wildman–Crippen LogP) is 3.59. The highest BCUT2D eigenvalue weighted by Crippen LogP contribution is 2.23. The summed E-state index contributed by atoms with van der Waals surface area (Å²) in [6.45, 7) is 0.755. The number of rotatable bonds is 7. The fourth-order valence-corrected chi connectivity index (χ4v) is 2.33. The van der Waals surface area contributed by atoms with Crippen molar-refractivity contribution < 1.29 is 13.6 Å². The van der Waals surface area contributed by atoms with Gasteiger partial charge in [-0.3, -0.25) is 4.79 Å². The molecule has 2 N–H and O–H groups in total. The molecular formula is C18H21ClF2N2O. The van der Waals surface area contributed by atoms with E-state index in [2.05, 4.69) is 10.6 Å². The summed E-state index contributed by atoms with van der Waals surface area (Å²) in [5.41, 5.74) is 1.50.